The van der Waals surface area contributed by atoms with Crippen LogP contribution in [0.25, 0.3) is 0 Å². The van der Waals surface area contributed by atoms with Gasteiger partial charge in [0.25, 0.3) is 5.91 Å². The van der Waals surface area contributed by atoms with E-state index in [0.717, 1.165) is 5.56 Å². The summed E-state index contributed by atoms with van der Waals surface area (Å²) in [5.41, 5.74) is 1.27. The summed E-state index contributed by atoms with van der Waals surface area (Å²) in [7, 11) is 4.70. The lowest BCUT2D eigenvalue weighted by Gasteiger charge is -2.19. The molecule has 4 nitrogen and oxygen atoms in total. The van der Waals surface area contributed by atoms with Gasteiger partial charge in [0.1, 0.15) is 5.82 Å². The van der Waals surface area contributed by atoms with Crippen LogP contribution < -0.4 is 9.47 Å². The van der Waals surface area contributed by atoms with E-state index in [4.69, 9.17) is 9.47 Å². The average molecular weight is 303 g/mol. The number of para-hydroxylation sites is 1. The van der Waals surface area contributed by atoms with E-state index in [-0.39, 0.29) is 11.7 Å². The minimum atomic E-state index is -0.299. The lowest BCUT2D eigenvalue weighted by molar-refractivity contribution is 0.0781. The first-order chi connectivity index (χ1) is 10.6. The van der Waals surface area contributed by atoms with Gasteiger partial charge >= 0.3 is 0 Å². The smallest absolute Gasteiger partial charge is 0.257 e. The van der Waals surface area contributed by atoms with Gasteiger partial charge in [-0.25, -0.2) is 4.39 Å². The van der Waals surface area contributed by atoms with Gasteiger partial charge in [-0.15, -0.1) is 0 Å². The molecule has 0 N–H and O–H groups in total. The van der Waals surface area contributed by atoms with Gasteiger partial charge in [0.15, 0.2) is 11.5 Å². The van der Waals surface area contributed by atoms with E-state index in [9.17, 15) is 9.18 Å². The molecule has 0 fully saturated rings. The highest BCUT2D eigenvalue weighted by Crippen LogP contribution is 2.31. The lowest BCUT2D eigenvalue weighted by atomic mass is 10.1. The topological polar surface area (TPSA) is 38.8 Å². The largest absolute Gasteiger partial charge is 0.493 e. The van der Waals surface area contributed by atoms with Crippen molar-refractivity contribution in [2.75, 3.05) is 21.3 Å². The van der Waals surface area contributed by atoms with E-state index in [0.29, 0.717) is 23.6 Å². The monoisotopic (exact) mass is 303 g/mol. The summed E-state index contributed by atoms with van der Waals surface area (Å²) in [6, 6.07) is 11.2. The van der Waals surface area contributed by atoms with E-state index in [1.807, 2.05) is 0 Å². The Balaban J connectivity index is 2.22. The highest BCUT2D eigenvalue weighted by atomic mass is 19.1. The molecule has 0 radical (unpaired) electrons. The highest BCUT2D eigenvalue weighted by molar-refractivity contribution is 5.97. The first-order valence-corrected chi connectivity index (χ1v) is 6.77. The summed E-state index contributed by atoms with van der Waals surface area (Å²) >= 11 is 0. The van der Waals surface area contributed by atoms with Crippen LogP contribution in [-0.4, -0.2) is 32.1 Å². The third kappa shape index (κ3) is 3.36. The van der Waals surface area contributed by atoms with Crippen molar-refractivity contribution in [2.24, 2.45) is 0 Å². The molecule has 2 aromatic carbocycles. The second kappa shape index (κ2) is 6.93. The van der Waals surface area contributed by atoms with Crippen molar-refractivity contribution >= 4 is 5.91 Å². The third-order valence-corrected chi connectivity index (χ3v) is 3.31. The van der Waals surface area contributed by atoms with Crippen LogP contribution >= 0.6 is 0 Å². The van der Waals surface area contributed by atoms with Crippen LogP contribution in [0.3, 0.4) is 0 Å². The van der Waals surface area contributed by atoms with Gasteiger partial charge in [-0.05, 0) is 29.8 Å². The van der Waals surface area contributed by atoms with Crippen molar-refractivity contribution in [3.8, 4) is 11.5 Å². The molecule has 0 saturated carbocycles. The third-order valence-electron chi connectivity index (χ3n) is 3.31. The Labute approximate surface area is 129 Å². The molecule has 116 valence electrons. The second-order valence-corrected chi connectivity index (χ2v) is 4.83. The summed E-state index contributed by atoms with van der Waals surface area (Å²) in [5.74, 6) is 0.414. The molecule has 22 heavy (non-hydrogen) atoms. The molecule has 0 aromatic heterocycles. The van der Waals surface area contributed by atoms with E-state index < -0.39 is 0 Å². The van der Waals surface area contributed by atoms with Crippen molar-refractivity contribution in [3.63, 3.8) is 0 Å². The predicted molar refractivity (Wildman–Crippen MR) is 81.7 cm³/mol. The van der Waals surface area contributed by atoms with Gasteiger partial charge in [-0.1, -0.05) is 18.2 Å². The lowest BCUT2D eigenvalue weighted by Crippen LogP contribution is -2.26. The summed E-state index contributed by atoms with van der Waals surface area (Å²) in [4.78, 5) is 14.1. The van der Waals surface area contributed by atoms with E-state index >= 15 is 0 Å². The predicted octanol–water partition coefficient (Wildman–Crippen LogP) is 3.12. The second-order valence-electron chi connectivity index (χ2n) is 4.83. The Hall–Kier alpha value is -2.56. The molecule has 0 saturated heterocycles. The maximum atomic E-state index is 12.9. The fraction of sp³-hybridized carbons (Fsp3) is 0.235. The van der Waals surface area contributed by atoms with E-state index in [2.05, 4.69) is 0 Å². The maximum Gasteiger partial charge on any atom is 0.257 e. The molecule has 0 aliphatic rings. The van der Waals surface area contributed by atoms with Crippen LogP contribution in [0.15, 0.2) is 42.5 Å². The van der Waals surface area contributed by atoms with Crippen molar-refractivity contribution in [3.05, 3.63) is 59.4 Å². The standard InChI is InChI=1S/C17H18FNO3/c1-19(11-12-7-9-13(18)10-8-12)17(20)14-5-4-6-15(21-2)16(14)22-3/h4-10H,11H2,1-3H3. The van der Waals surface area contributed by atoms with E-state index in [1.165, 1.54) is 26.4 Å². The number of methoxy groups -OCH3 is 2. The average Bonchev–Trinajstić information content (AvgIpc) is 2.55. The van der Waals surface area contributed by atoms with Gasteiger partial charge in [0, 0.05) is 13.6 Å². The van der Waals surface area contributed by atoms with Crippen LogP contribution in [0.1, 0.15) is 15.9 Å². The molecule has 1 amide bonds. The molecular weight excluding hydrogens is 285 g/mol. The Kier molecular flexibility index (Phi) is 4.99. The minimum Gasteiger partial charge on any atom is -0.493 e. The molecule has 2 aromatic rings. The molecule has 0 aliphatic heterocycles. The Bertz CT molecular complexity index is 655. The summed E-state index contributed by atoms with van der Waals surface area (Å²) in [5, 5.41) is 0. The maximum absolute atomic E-state index is 12.9. The van der Waals surface area contributed by atoms with Gasteiger partial charge in [0.05, 0.1) is 19.8 Å². The SMILES string of the molecule is COc1cccc(C(=O)N(C)Cc2ccc(F)cc2)c1OC. The molecule has 5 heteroatoms. The number of hydrogen-bond donors (Lipinski definition) is 0. The van der Waals surface area contributed by atoms with Crippen molar-refractivity contribution in [1.82, 2.24) is 4.90 Å². The van der Waals surface area contributed by atoms with Crippen molar-refractivity contribution in [1.29, 1.82) is 0 Å². The number of amides is 1. The molecule has 0 spiro atoms. The molecule has 0 bridgehead atoms. The zero-order valence-electron chi connectivity index (χ0n) is 12.8. The molecule has 0 atom stereocenters. The quantitative estimate of drug-likeness (QED) is 0.852. The van der Waals surface area contributed by atoms with Crippen LogP contribution in [0.4, 0.5) is 4.39 Å². The number of ether oxygens (including phenoxy) is 2. The fourth-order valence-electron chi connectivity index (χ4n) is 2.20. The van der Waals surface area contributed by atoms with Gasteiger partial charge < -0.3 is 14.4 Å². The Morgan fingerprint density at radius 3 is 2.36 bits per heavy atom. The first-order valence-electron chi connectivity index (χ1n) is 6.77. The highest BCUT2D eigenvalue weighted by Gasteiger charge is 2.19. The summed E-state index contributed by atoms with van der Waals surface area (Å²) < 4.78 is 23.4. The van der Waals surface area contributed by atoms with Crippen LogP contribution in [0.5, 0.6) is 11.5 Å². The fourth-order valence-corrected chi connectivity index (χ4v) is 2.20. The Morgan fingerprint density at radius 1 is 1.09 bits per heavy atom. The summed E-state index contributed by atoms with van der Waals surface area (Å²) in [6.07, 6.45) is 0. The number of carbonyl (C=O) groups excluding carboxylic acids is 1. The van der Waals surface area contributed by atoms with Gasteiger partial charge in [0.2, 0.25) is 0 Å². The minimum absolute atomic E-state index is 0.194. The first kappa shape index (κ1) is 15.8. The number of hydrogen-bond acceptors (Lipinski definition) is 3. The Morgan fingerprint density at radius 2 is 1.77 bits per heavy atom. The number of rotatable bonds is 5. The zero-order chi connectivity index (χ0) is 16.1. The van der Waals surface area contributed by atoms with Crippen LogP contribution in [0, 0.1) is 5.82 Å². The molecule has 0 aliphatic carbocycles. The van der Waals surface area contributed by atoms with Crippen LogP contribution in [0.2, 0.25) is 0 Å². The van der Waals surface area contributed by atoms with E-state index in [1.54, 1.807) is 42.3 Å². The molecule has 2 rings (SSSR count). The number of benzene rings is 2. The van der Waals surface area contributed by atoms with Crippen LogP contribution in [-0.2, 0) is 6.54 Å². The molecule has 0 unspecified atom stereocenters. The number of halogens is 1. The normalized spacial score (nSPS) is 10.2. The van der Waals surface area contributed by atoms with Crippen molar-refractivity contribution < 1.29 is 18.7 Å². The van der Waals surface area contributed by atoms with Gasteiger partial charge in [-0.2, -0.15) is 0 Å². The number of nitrogens with zero attached hydrogens (tertiary/aromatic N) is 1. The zero-order valence-corrected chi connectivity index (χ0v) is 12.8. The molecule has 0 heterocycles. The summed E-state index contributed by atoms with van der Waals surface area (Å²) in [6.45, 7) is 0.374. The van der Waals surface area contributed by atoms with Gasteiger partial charge in [-0.3, -0.25) is 4.79 Å². The molecular formula is C17H18FNO3. The number of carbonyl (C=O) groups is 1. The van der Waals surface area contributed by atoms with Crippen molar-refractivity contribution in [2.45, 2.75) is 6.54 Å².